The van der Waals surface area contributed by atoms with Crippen molar-refractivity contribution in [2.45, 2.75) is 38.5 Å². The minimum absolute atomic E-state index is 0.0296. The first-order valence-corrected chi connectivity index (χ1v) is 10.7. The van der Waals surface area contributed by atoms with Crippen LogP contribution in [-0.4, -0.2) is 123 Å². The van der Waals surface area contributed by atoms with E-state index < -0.39 is 17.9 Å². The van der Waals surface area contributed by atoms with Crippen molar-refractivity contribution >= 4 is 23.9 Å². The van der Waals surface area contributed by atoms with Gasteiger partial charge in [-0.25, -0.2) is 29.1 Å². The van der Waals surface area contributed by atoms with Crippen molar-refractivity contribution in [2.75, 3.05) is 59.6 Å². The molecule has 0 saturated carbocycles. The Morgan fingerprint density at radius 3 is 1.61 bits per heavy atom. The number of guanidine groups is 1. The van der Waals surface area contributed by atoms with Gasteiger partial charge in [0.05, 0.1) is 0 Å². The zero-order chi connectivity index (χ0) is 22.4. The molecular formula is C19H32N6O6. The van der Waals surface area contributed by atoms with E-state index >= 15 is 0 Å². The Morgan fingerprint density at radius 1 is 0.742 bits per heavy atom. The van der Waals surface area contributed by atoms with Gasteiger partial charge < -0.3 is 20.1 Å². The van der Waals surface area contributed by atoms with Gasteiger partial charge in [-0.1, -0.05) is 0 Å². The van der Waals surface area contributed by atoms with Gasteiger partial charge >= 0.3 is 17.9 Å². The zero-order valence-electron chi connectivity index (χ0n) is 17.8. The number of rotatable bonds is 12. The molecule has 0 spiro atoms. The van der Waals surface area contributed by atoms with Crippen LogP contribution in [0.15, 0.2) is 0 Å². The second kappa shape index (κ2) is 10.7. The molecule has 12 nitrogen and oxygen atoms in total. The van der Waals surface area contributed by atoms with Crippen molar-refractivity contribution in [1.29, 1.82) is 0 Å². The highest BCUT2D eigenvalue weighted by Gasteiger charge is 2.44. The molecule has 1 fully saturated rings. The van der Waals surface area contributed by atoms with E-state index in [9.17, 15) is 19.5 Å². The predicted octanol–water partition coefficient (Wildman–Crippen LogP) is -2.09. The lowest BCUT2D eigenvalue weighted by molar-refractivity contribution is -0.596. The third-order valence-electron chi connectivity index (χ3n) is 5.66. The van der Waals surface area contributed by atoms with Gasteiger partial charge in [-0.2, -0.15) is 0 Å². The van der Waals surface area contributed by atoms with Crippen LogP contribution in [0.2, 0.25) is 0 Å². The Labute approximate surface area is 181 Å². The molecule has 0 aromatic heterocycles. The Bertz CT molecular complexity index is 670. The normalized spacial score (nSPS) is 20.1. The van der Waals surface area contributed by atoms with Crippen molar-refractivity contribution in [3.05, 3.63) is 0 Å². The third-order valence-corrected chi connectivity index (χ3v) is 5.66. The molecule has 0 atom stereocenters. The largest absolute Gasteiger partial charge is 0.550 e. The minimum Gasteiger partial charge on any atom is -0.550 e. The summed E-state index contributed by atoms with van der Waals surface area (Å²) in [6.45, 7) is 6.15. The lowest BCUT2D eigenvalue weighted by atomic mass is 10.2. The fourth-order valence-corrected chi connectivity index (χ4v) is 4.48. The quantitative estimate of drug-likeness (QED) is 0.324. The number of carboxylic acid groups (broad SMARTS) is 3. The van der Waals surface area contributed by atoms with Gasteiger partial charge in [0.2, 0.25) is 0 Å². The van der Waals surface area contributed by atoms with Crippen molar-refractivity contribution in [1.82, 2.24) is 24.5 Å². The summed E-state index contributed by atoms with van der Waals surface area (Å²) in [5, 5.41) is 28.6. The van der Waals surface area contributed by atoms with Gasteiger partial charge in [-0.3, -0.25) is 9.59 Å². The van der Waals surface area contributed by atoms with E-state index in [2.05, 4.69) is 29.1 Å². The fourth-order valence-electron chi connectivity index (χ4n) is 4.48. The number of carbonyl (C=O) groups excluding carboxylic acids is 1. The summed E-state index contributed by atoms with van der Waals surface area (Å²) >= 11 is 0. The number of carboxylic acids is 3. The van der Waals surface area contributed by atoms with E-state index in [0.29, 0.717) is 78.9 Å². The van der Waals surface area contributed by atoms with Crippen molar-refractivity contribution in [3.8, 4) is 0 Å². The Hall–Kier alpha value is -2.44. The van der Waals surface area contributed by atoms with Crippen LogP contribution < -0.4 is 5.11 Å². The van der Waals surface area contributed by atoms with E-state index in [1.165, 1.54) is 0 Å². The maximum atomic E-state index is 10.9. The number of aliphatic carboxylic acids is 3. The number of hydrogen-bond donors (Lipinski definition) is 2. The van der Waals surface area contributed by atoms with E-state index in [-0.39, 0.29) is 19.3 Å². The van der Waals surface area contributed by atoms with Gasteiger partial charge in [0.1, 0.15) is 40.0 Å². The lowest BCUT2D eigenvalue weighted by Gasteiger charge is -2.48. The molecule has 0 aromatic rings. The Balaban J connectivity index is 1.67. The predicted molar refractivity (Wildman–Crippen MR) is 106 cm³/mol. The molecule has 3 aliphatic rings. The fraction of sp³-hybridized carbons (Fsp3) is 0.789. The van der Waals surface area contributed by atoms with E-state index in [1.807, 2.05) is 0 Å². The summed E-state index contributed by atoms with van der Waals surface area (Å²) in [4.78, 5) is 43.7. The molecule has 0 unspecified atom stereocenters. The number of carbonyl (C=O) groups is 3. The van der Waals surface area contributed by atoms with Crippen LogP contribution in [0, 0.1) is 0 Å². The highest BCUT2D eigenvalue weighted by Crippen LogP contribution is 2.20. The van der Waals surface area contributed by atoms with E-state index in [0.717, 1.165) is 5.96 Å². The standard InChI is InChI=1S/C19H32N6O6/c26-16(27)4-1-7-20-10-23-12-21(8-2-5-17(28)29)14-25-15-22(9-3-6-18(30)31)13-24(11-20)19(23)25/h1-15H2,(H2-,26,27,28,29,30,31). The molecule has 0 amide bonds. The van der Waals surface area contributed by atoms with Gasteiger partial charge in [-0.05, 0) is 25.7 Å². The molecule has 0 aromatic carbocycles. The molecule has 3 heterocycles. The highest BCUT2D eigenvalue weighted by molar-refractivity contribution is 5.76. The van der Waals surface area contributed by atoms with Crippen molar-refractivity contribution < 1.29 is 34.3 Å². The van der Waals surface area contributed by atoms with Crippen LogP contribution in [0.5, 0.6) is 0 Å². The van der Waals surface area contributed by atoms with Crippen LogP contribution in [0.25, 0.3) is 0 Å². The third kappa shape index (κ3) is 6.77. The average Bonchev–Trinajstić information content (AvgIpc) is 2.66. The molecule has 12 heteroatoms. The molecular weight excluding hydrogens is 408 g/mol. The van der Waals surface area contributed by atoms with Gasteiger partial charge in [0.15, 0.2) is 0 Å². The van der Waals surface area contributed by atoms with Crippen LogP contribution in [0.1, 0.15) is 38.5 Å². The number of nitrogens with zero attached hydrogens (tertiary/aromatic N) is 6. The van der Waals surface area contributed by atoms with Crippen molar-refractivity contribution in [3.63, 3.8) is 0 Å². The highest BCUT2D eigenvalue weighted by atomic mass is 16.4. The lowest BCUT2D eigenvalue weighted by Crippen LogP contribution is -2.71. The second-order valence-corrected chi connectivity index (χ2v) is 8.42. The Morgan fingerprint density at radius 2 is 1.16 bits per heavy atom. The topological polar surface area (TPSA) is 134 Å². The maximum Gasteiger partial charge on any atom is 0.356 e. The molecule has 1 saturated heterocycles. The molecule has 31 heavy (non-hydrogen) atoms. The summed E-state index contributed by atoms with van der Waals surface area (Å²) in [5.41, 5.74) is 0. The summed E-state index contributed by atoms with van der Waals surface area (Å²) in [6, 6.07) is 0. The molecule has 2 N–H and O–H groups in total. The molecule has 3 aliphatic heterocycles. The van der Waals surface area contributed by atoms with E-state index in [4.69, 9.17) is 10.2 Å². The first-order valence-electron chi connectivity index (χ1n) is 10.7. The smallest absolute Gasteiger partial charge is 0.356 e. The zero-order valence-corrected chi connectivity index (χ0v) is 17.8. The maximum absolute atomic E-state index is 10.9. The average molecular weight is 441 g/mol. The van der Waals surface area contributed by atoms with Crippen molar-refractivity contribution in [2.24, 2.45) is 0 Å². The minimum atomic E-state index is -1.04. The van der Waals surface area contributed by atoms with Crippen LogP contribution >= 0.6 is 0 Å². The monoisotopic (exact) mass is 440 g/mol. The summed E-state index contributed by atoms with van der Waals surface area (Å²) < 4.78 is 2.25. The SMILES string of the molecule is O=C([O-])CCCN1CN2CN(CCCC(=O)O)CN3CN(CCCC(=O)O)C[N+](=C23)C1. The Kier molecular flexibility index (Phi) is 8.04. The van der Waals surface area contributed by atoms with Gasteiger partial charge in [0, 0.05) is 38.4 Å². The molecule has 0 aliphatic carbocycles. The molecule has 174 valence electrons. The summed E-state index contributed by atoms with van der Waals surface area (Å²) in [5.74, 6) is -1.49. The summed E-state index contributed by atoms with van der Waals surface area (Å²) in [6.07, 6.45) is 1.97. The molecule has 0 bridgehead atoms. The van der Waals surface area contributed by atoms with Gasteiger partial charge in [-0.15, -0.1) is 0 Å². The molecule has 0 radical (unpaired) electrons. The second-order valence-electron chi connectivity index (χ2n) is 8.42. The first-order chi connectivity index (χ1) is 14.8. The van der Waals surface area contributed by atoms with Crippen LogP contribution in [0.3, 0.4) is 0 Å². The van der Waals surface area contributed by atoms with Gasteiger partial charge in [0.25, 0.3) is 0 Å². The first kappa shape index (κ1) is 23.2. The van der Waals surface area contributed by atoms with E-state index in [1.54, 1.807) is 0 Å². The number of hydrogen-bond acceptors (Lipinski definition) is 9. The van der Waals surface area contributed by atoms with Crippen LogP contribution in [-0.2, 0) is 14.4 Å². The molecule has 3 rings (SSSR count). The van der Waals surface area contributed by atoms with Crippen LogP contribution in [0.4, 0.5) is 0 Å². The summed E-state index contributed by atoms with van der Waals surface area (Å²) in [7, 11) is 0.